The SMILES string of the molecule is CCCOC1CCC(C)(N(N)c2cc(C)c(F)cc2[N+](=O)[O-])CC1.O=C1C=CC1=Cc1ccc2c(c1)OCO2. The lowest BCUT2D eigenvalue weighted by molar-refractivity contribution is -0.384. The van der Waals surface area contributed by atoms with Crippen LogP contribution in [-0.2, 0) is 9.53 Å². The maximum absolute atomic E-state index is 13.7. The first-order valence-electron chi connectivity index (χ1n) is 13.1. The summed E-state index contributed by atoms with van der Waals surface area (Å²) in [7, 11) is 0. The third-order valence-corrected chi connectivity index (χ3v) is 7.28. The molecular formula is C29H34FN3O6. The van der Waals surface area contributed by atoms with Crippen molar-refractivity contribution >= 4 is 23.2 Å². The largest absolute Gasteiger partial charge is 0.454 e. The quantitative estimate of drug-likeness (QED) is 0.203. The number of nitro groups is 1. The zero-order valence-corrected chi connectivity index (χ0v) is 22.4. The number of nitrogens with zero attached hydrogens (tertiary/aromatic N) is 2. The monoisotopic (exact) mass is 539 g/mol. The molecule has 9 nitrogen and oxygen atoms in total. The molecule has 0 amide bonds. The van der Waals surface area contributed by atoms with Gasteiger partial charge in [-0.05, 0) is 93.5 Å². The lowest BCUT2D eigenvalue weighted by atomic mass is 9.81. The van der Waals surface area contributed by atoms with Gasteiger partial charge in [0.25, 0.3) is 5.69 Å². The van der Waals surface area contributed by atoms with E-state index in [0.29, 0.717) is 5.56 Å². The molecule has 208 valence electrons. The molecule has 2 aromatic carbocycles. The molecule has 0 spiro atoms. The van der Waals surface area contributed by atoms with Gasteiger partial charge < -0.3 is 14.2 Å². The summed E-state index contributed by atoms with van der Waals surface area (Å²) >= 11 is 0. The number of aryl methyl sites for hydroxylation is 1. The highest BCUT2D eigenvalue weighted by Crippen LogP contribution is 2.40. The van der Waals surface area contributed by atoms with Crippen molar-refractivity contribution in [2.24, 2.45) is 5.84 Å². The van der Waals surface area contributed by atoms with E-state index in [1.807, 2.05) is 31.2 Å². The second kappa shape index (κ2) is 12.0. The van der Waals surface area contributed by atoms with Crippen molar-refractivity contribution in [3.05, 3.63) is 75.1 Å². The summed E-state index contributed by atoms with van der Waals surface area (Å²) < 4.78 is 29.9. The number of hydrogen-bond donors (Lipinski definition) is 1. The number of halogens is 1. The van der Waals surface area contributed by atoms with Gasteiger partial charge in [-0.3, -0.25) is 19.9 Å². The second-order valence-corrected chi connectivity index (χ2v) is 10.2. The maximum atomic E-state index is 13.7. The van der Waals surface area contributed by atoms with Crippen LogP contribution >= 0.6 is 0 Å². The fourth-order valence-corrected chi connectivity index (χ4v) is 4.74. The van der Waals surface area contributed by atoms with Gasteiger partial charge in [-0.25, -0.2) is 10.2 Å². The van der Waals surface area contributed by atoms with E-state index >= 15 is 0 Å². The minimum atomic E-state index is -0.597. The van der Waals surface area contributed by atoms with E-state index in [4.69, 9.17) is 20.1 Å². The standard InChI is InChI=1S/C17H26FN3O3.C12H8O3/c1-4-9-24-13-5-7-17(3,8-6-13)20(19)15-10-12(2)14(18)11-16(15)21(22)23;13-10-3-2-9(10)5-8-1-4-11-12(6-8)15-7-14-11/h10-11,13H,4-9,19H2,1-3H3;1-6H,7H2. The first kappa shape index (κ1) is 28.3. The molecule has 0 aromatic heterocycles. The third-order valence-electron chi connectivity index (χ3n) is 7.28. The molecule has 0 atom stereocenters. The molecular weight excluding hydrogens is 505 g/mol. The van der Waals surface area contributed by atoms with Crippen LogP contribution in [0.3, 0.4) is 0 Å². The van der Waals surface area contributed by atoms with E-state index in [-0.39, 0.29) is 30.1 Å². The smallest absolute Gasteiger partial charge is 0.296 e. The van der Waals surface area contributed by atoms with Crippen molar-refractivity contribution in [2.75, 3.05) is 18.4 Å². The Morgan fingerprint density at radius 3 is 2.54 bits per heavy atom. The summed E-state index contributed by atoms with van der Waals surface area (Å²) in [4.78, 5) is 21.8. The highest BCUT2D eigenvalue weighted by atomic mass is 19.1. The van der Waals surface area contributed by atoms with Crippen LogP contribution in [0.25, 0.3) is 6.08 Å². The molecule has 1 saturated carbocycles. The number of anilines is 1. The fourth-order valence-electron chi connectivity index (χ4n) is 4.74. The molecule has 10 heteroatoms. The number of carbonyl (C=O) groups is 1. The van der Waals surface area contributed by atoms with E-state index < -0.39 is 16.3 Å². The van der Waals surface area contributed by atoms with Crippen molar-refractivity contribution in [2.45, 2.75) is 64.5 Å². The van der Waals surface area contributed by atoms with Gasteiger partial charge in [-0.1, -0.05) is 13.0 Å². The minimum absolute atomic E-state index is 0.0765. The number of fused-ring (bicyclic) bond motifs is 1. The van der Waals surface area contributed by atoms with Crippen LogP contribution < -0.4 is 20.3 Å². The van der Waals surface area contributed by atoms with Crippen molar-refractivity contribution < 1.29 is 28.3 Å². The zero-order valence-electron chi connectivity index (χ0n) is 22.4. The van der Waals surface area contributed by atoms with E-state index in [0.717, 1.165) is 67.4 Å². The number of rotatable bonds is 7. The van der Waals surface area contributed by atoms with Gasteiger partial charge >= 0.3 is 0 Å². The topological polar surface area (TPSA) is 117 Å². The number of ether oxygens (including phenoxy) is 3. The van der Waals surface area contributed by atoms with Crippen molar-refractivity contribution in [3.8, 4) is 11.5 Å². The molecule has 5 rings (SSSR count). The van der Waals surface area contributed by atoms with Gasteiger partial charge in [0.1, 0.15) is 11.5 Å². The number of carbonyl (C=O) groups excluding carboxylic acids is 1. The Hall–Kier alpha value is -3.76. The number of ketones is 1. The Morgan fingerprint density at radius 1 is 1.21 bits per heavy atom. The molecule has 1 fully saturated rings. The summed E-state index contributed by atoms with van der Waals surface area (Å²) in [5.41, 5.74) is 1.57. The maximum Gasteiger partial charge on any atom is 0.296 e. The number of nitro benzene ring substituents is 1. The predicted molar refractivity (Wildman–Crippen MR) is 146 cm³/mol. The highest BCUT2D eigenvalue weighted by molar-refractivity contribution is 6.16. The first-order chi connectivity index (χ1) is 18.6. The van der Waals surface area contributed by atoms with Crippen molar-refractivity contribution in [1.82, 2.24) is 0 Å². The van der Waals surface area contributed by atoms with Crippen LogP contribution in [0.4, 0.5) is 15.8 Å². The molecule has 2 aromatic rings. The molecule has 39 heavy (non-hydrogen) atoms. The minimum Gasteiger partial charge on any atom is -0.454 e. The first-order valence-corrected chi connectivity index (χ1v) is 13.1. The number of hydrazine groups is 1. The van der Waals surface area contributed by atoms with Gasteiger partial charge in [0.15, 0.2) is 17.3 Å². The number of hydrogen-bond acceptors (Lipinski definition) is 8. The Morgan fingerprint density at radius 2 is 1.92 bits per heavy atom. The van der Waals surface area contributed by atoms with Gasteiger partial charge in [-0.15, -0.1) is 0 Å². The van der Waals surface area contributed by atoms with Crippen LogP contribution in [-0.4, -0.2) is 35.7 Å². The summed E-state index contributed by atoms with van der Waals surface area (Å²) in [6.07, 6.45) is 9.65. The zero-order chi connectivity index (χ0) is 28.2. The van der Waals surface area contributed by atoms with E-state index in [2.05, 4.69) is 6.92 Å². The Bertz CT molecular complexity index is 1300. The molecule has 3 aliphatic rings. The van der Waals surface area contributed by atoms with E-state index in [9.17, 15) is 19.3 Å². The predicted octanol–water partition coefficient (Wildman–Crippen LogP) is 5.79. The van der Waals surface area contributed by atoms with Crippen molar-refractivity contribution in [3.63, 3.8) is 0 Å². The number of allylic oxidation sites excluding steroid dienone is 3. The van der Waals surface area contributed by atoms with E-state index in [1.165, 1.54) is 11.1 Å². The summed E-state index contributed by atoms with van der Waals surface area (Å²) in [5, 5.41) is 12.7. The average Bonchev–Trinajstić information content (AvgIpc) is 3.40. The summed E-state index contributed by atoms with van der Waals surface area (Å²) in [6.45, 7) is 6.66. The lowest BCUT2D eigenvalue weighted by Gasteiger charge is -2.44. The normalized spacial score (nSPS) is 22.2. The molecule has 0 bridgehead atoms. The molecule has 0 saturated heterocycles. The molecule has 0 unspecified atom stereocenters. The van der Waals surface area contributed by atoms with Gasteiger partial charge in [0.2, 0.25) is 6.79 Å². The second-order valence-electron chi connectivity index (χ2n) is 10.2. The summed E-state index contributed by atoms with van der Waals surface area (Å²) in [5.74, 6) is 7.25. The van der Waals surface area contributed by atoms with E-state index in [1.54, 1.807) is 19.1 Å². The van der Waals surface area contributed by atoms with Crippen LogP contribution in [0.5, 0.6) is 11.5 Å². The van der Waals surface area contributed by atoms with Gasteiger partial charge in [0, 0.05) is 12.2 Å². The Balaban J connectivity index is 0.000000199. The lowest BCUT2D eigenvalue weighted by Crippen LogP contribution is -2.54. The summed E-state index contributed by atoms with van der Waals surface area (Å²) in [6, 6.07) is 8.03. The number of nitrogens with two attached hydrogens (primary N) is 1. The van der Waals surface area contributed by atoms with Crippen molar-refractivity contribution in [1.29, 1.82) is 0 Å². The van der Waals surface area contributed by atoms with Gasteiger partial charge in [0.05, 0.1) is 22.6 Å². The van der Waals surface area contributed by atoms with Crippen LogP contribution in [0.2, 0.25) is 0 Å². The fraction of sp³-hybridized carbons (Fsp3) is 0.414. The van der Waals surface area contributed by atoms with Crippen LogP contribution in [0.15, 0.2) is 48.1 Å². The Kier molecular flexibility index (Phi) is 8.66. The molecule has 1 heterocycles. The van der Waals surface area contributed by atoms with Crippen LogP contribution in [0.1, 0.15) is 57.1 Å². The van der Waals surface area contributed by atoms with Gasteiger partial charge in [-0.2, -0.15) is 0 Å². The highest BCUT2D eigenvalue weighted by Gasteiger charge is 2.38. The Labute approximate surface area is 227 Å². The molecule has 2 aliphatic carbocycles. The third kappa shape index (κ3) is 6.46. The number of benzene rings is 2. The molecule has 1 aliphatic heterocycles. The van der Waals surface area contributed by atoms with Crippen LogP contribution in [0, 0.1) is 22.9 Å². The molecule has 2 N–H and O–H groups in total. The molecule has 0 radical (unpaired) electrons. The average molecular weight is 540 g/mol.